The van der Waals surface area contributed by atoms with Gasteiger partial charge in [-0.05, 0) is 73.8 Å². The van der Waals surface area contributed by atoms with Crippen molar-refractivity contribution in [2.75, 3.05) is 6.61 Å². The molecule has 6 nitrogen and oxygen atoms in total. The first-order valence-corrected chi connectivity index (χ1v) is 12.5. The van der Waals surface area contributed by atoms with E-state index in [1.54, 1.807) is 6.21 Å². The average molecular weight is 512 g/mol. The van der Waals surface area contributed by atoms with Gasteiger partial charge in [0.05, 0.1) is 29.8 Å². The first-order chi connectivity index (χ1) is 16.0. The summed E-state index contributed by atoms with van der Waals surface area (Å²) in [6, 6.07) is 11.3. The zero-order valence-electron chi connectivity index (χ0n) is 19.4. The molecule has 33 heavy (non-hydrogen) atoms. The molecule has 174 valence electrons. The van der Waals surface area contributed by atoms with E-state index in [1.165, 1.54) is 11.1 Å². The molecule has 7 heteroatoms. The van der Waals surface area contributed by atoms with Crippen molar-refractivity contribution in [3.63, 3.8) is 0 Å². The summed E-state index contributed by atoms with van der Waals surface area (Å²) in [4.78, 5) is 18.3. The molecule has 1 saturated carbocycles. The molecular weight excluding hydrogens is 482 g/mol. The Hall–Kier alpha value is -2.67. The predicted octanol–water partition coefficient (Wildman–Crippen LogP) is 6.27. The summed E-state index contributed by atoms with van der Waals surface area (Å²) in [6.45, 7) is 6.41. The van der Waals surface area contributed by atoms with Gasteiger partial charge in [-0.3, -0.25) is 4.79 Å². The third kappa shape index (κ3) is 5.29. The Labute approximate surface area is 202 Å². The largest absolute Gasteiger partial charge is 0.490 e. The Bertz CT molecular complexity index is 1210. The van der Waals surface area contributed by atoms with Crippen LogP contribution in [0.1, 0.15) is 70.2 Å². The van der Waals surface area contributed by atoms with E-state index in [1.807, 2.05) is 57.2 Å². The third-order valence-electron chi connectivity index (χ3n) is 5.79. The van der Waals surface area contributed by atoms with E-state index in [0.717, 1.165) is 47.1 Å². The number of aromatic nitrogens is 2. The van der Waals surface area contributed by atoms with Gasteiger partial charge >= 0.3 is 0 Å². The normalized spacial score (nSPS) is 14.9. The third-order valence-corrected chi connectivity index (χ3v) is 6.47. The minimum Gasteiger partial charge on any atom is -0.490 e. The van der Waals surface area contributed by atoms with Gasteiger partial charge in [-0.1, -0.05) is 31.4 Å². The van der Waals surface area contributed by atoms with Crippen molar-refractivity contribution in [1.29, 1.82) is 0 Å². The van der Waals surface area contributed by atoms with Crippen molar-refractivity contribution in [1.82, 2.24) is 9.66 Å². The van der Waals surface area contributed by atoms with Gasteiger partial charge in [-0.2, -0.15) is 9.78 Å². The van der Waals surface area contributed by atoms with Gasteiger partial charge in [-0.15, -0.1) is 0 Å². The molecule has 1 aliphatic carbocycles. The van der Waals surface area contributed by atoms with Crippen LogP contribution in [0.15, 0.2) is 50.8 Å². The zero-order valence-corrected chi connectivity index (χ0v) is 21.0. The number of rotatable bonds is 7. The predicted molar refractivity (Wildman–Crippen MR) is 136 cm³/mol. The van der Waals surface area contributed by atoms with Crippen LogP contribution in [0.3, 0.4) is 0 Å². The number of halogens is 1. The van der Waals surface area contributed by atoms with E-state index in [9.17, 15) is 4.79 Å². The number of para-hydroxylation sites is 1. The molecule has 2 aromatic carbocycles. The molecule has 0 spiro atoms. The number of hydrogen-bond donors (Lipinski definition) is 0. The van der Waals surface area contributed by atoms with Crippen molar-refractivity contribution >= 4 is 33.0 Å². The Balaban J connectivity index is 1.79. The summed E-state index contributed by atoms with van der Waals surface area (Å²) in [5, 5.41) is 5.22. The van der Waals surface area contributed by atoms with Crippen LogP contribution in [0.4, 0.5) is 0 Å². The molecule has 0 unspecified atom stereocenters. The lowest BCUT2D eigenvalue weighted by atomic mass is 9.88. The molecule has 1 aromatic heterocycles. The monoisotopic (exact) mass is 511 g/mol. The molecule has 0 radical (unpaired) electrons. The summed E-state index contributed by atoms with van der Waals surface area (Å²) in [6.07, 6.45) is 7.30. The van der Waals surface area contributed by atoms with Crippen LogP contribution >= 0.6 is 15.9 Å². The Morgan fingerprint density at radius 2 is 1.94 bits per heavy atom. The summed E-state index contributed by atoms with van der Waals surface area (Å²) < 4.78 is 14.0. The number of fused-ring (bicyclic) bond motifs is 1. The van der Waals surface area contributed by atoms with Crippen molar-refractivity contribution < 1.29 is 9.47 Å². The molecular formula is C26H30BrN3O3. The fraction of sp³-hybridized carbons (Fsp3) is 0.423. The molecule has 1 aliphatic rings. The first-order valence-electron chi connectivity index (χ1n) is 11.7. The molecule has 1 fully saturated rings. The van der Waals surface area contributed by atoms with Crippen molar-refractivity contribution in [3.8, 4) is 11.5 Å². The van der Waals surface area contributed by atoms with E-state index in [-0.39, 0.29) is 17.6 Å². The van der Waals surface area contributed by atoms with Crippen LogP contribution in [0.25, 0.3) is 10.9 Å². The lowest BCUT2D eigenvalue weighted by molar-refractivity contribution is 0.223. The van der Waals surface area contributed by atoms with Gasteiger partial charge in [0.15, 0.2) is 11.5 Å². The highest BCUT2D eigenvalue weighted by Gasteiger charge is 2.22. The van der Waals surface area contributed by atoms with Gasteiger partial charge in [0.25, 0.3) is 5.56 Å². The van der Waals surface area contributed by atoms with Crippen LogP contribution in [-0.2, 0) is 0 Å². The molecule has 0 aliphatic heterocycles. The second-order valence-corrected chi connectivity index (χ2v) is 9.46. The SMILES string of the molecule is CCOc1cc(C=Nn2c(C3CCCCC3)nc3ccccc3c2=O)c(Br)cc1OC(C)C. The summed E-state index contributed by atoms with van der Waals surface area (Å²) in [5.41, 5.74) is 1.38. The van der Waals surface area contributed by atoms with Gasteiger partial charge in [0.2, 0.25) is 0 Å². The topological polar surface area (TPSA) is 65.7 Å². The molecule has 0 N–H and O–H groups in total. The average Bonchev–Trinajstić information content (AvgIpc) is 2.81. The standard InChI is InChI=1S/C26H30BrN3O3/c1-4-32-23-14-19(21(27)15-24(23)33-17(2)3)16-28-30-25(18-10-6-5-7-11-18)29-22-13-9-8-12-20(22)26(30)31/h8-9,12-18H,4-7,10-11H2,1-3H3. The zero-order chi connectivity index (χ0) is 23.4. The van der Waals surface area contributed by atoms with Gasteiger partial charge in [0.1, 0.15) is 5.82 Å². The van der Waals surface area contributed by atoms with Gasteiger partial charge in [-0.25, -0.2) is 4.98 Å². The highest BCUT2D eigenvalue weighted by Crippen LogP contribution is 2.34. The van der Waals surface area contributed by atoms with Gasteiger partial charge < -0.3 is 9.47 Å². The molecule has 0 atom stereocenters. The second kappa shape index (κ2) is 10.5. The molecule has 0 bridgehead atoms. The summed E-state index contributed by atoms with van der Waals surface area (Å²) in [5.74, 6) is 2.30. The van der Waals surface area contributed by atoms with E-state index >= 15 is 0 Å². The van der Waals surface area contributed by atoms with E-state index < -0.39 is 0 Å². The Morgan fingerprint density at radius 3 is 2.67 bits per heavy atom. The number of nitrogens with zero attached hydrogens (tertiary/aromatic N) is 3. The van der Waals surface area contributed by atoms with Gasteiger partial charge in [0, 0.05) is 16.0 Å². The first kappa shape index (κ1) is 23.5. The van der Waals surface area contributed by atoms with Crippen molar-refractivity contribution in [3.05, 3.63) is 62.6 Å². The quantitative estimate of drug-likeness (QED) is 0.350. The van der Waals surface area contributed by atoms with Crippen molar-refractivity contribution in [2.24, 2.45) is 5.10 Å². The lowest BCUT2D eigenvalue weighted by Crippen LogP contribution is -2.25. The Kier molecular flexibility index (Phi) is 7.48. The fourth-order valence-corrected chi connectivity index (χ4v) is 4.69. The fourth-order valence-electron chi connectivity index (χ4n) is 4.26. The smallest absolute Gasteiger partial charge is 0.282 e. The maximum Gasteiger partial charge on any atom is 0.282 e. The Morgan fingerprint density at radius 1 is 1.18 bits per heavy atom. The minimum atomic E-state index is -0.140. The molecule has 3 aromatic rings. The summed E-state index contributed by atoms with van der Waals surface area (Å²) >= 11 is 3.62. The van der Waals surface area contributed by atoms with Crippen LogP contribution in [0.2, 0.25) is 0 Å². The van der Waals surface area contributed by atoms with Crippen LogP contribution in [-0.4, -0.2) is 28.6 Å². The number of hydrogen-bond acceptors (Lipinski definition) is 5. The van der Waals surface area contributed by atoms with Crippen molar-refractivity contribution in [2.45, 2.75) is 64.9 Å². The minimum absolute atomic E-state index is 0.0240. The molecule has 4 rings (SSSR count). The van der Waals surface area contributed by atoms with Crippen LogP contribution in [0.5, 0.6) is 11.5 Å². The van der Waals surface area contributed by atoms with E-state index in [4.69, 9.17) is 14.5 Å². The highest BCUT2D eigenvalue weighted by molar-refractivity contribution is 9.10. The van der Waals surface area contributed by atoms with Crippen LogP contribution in [0, 0.1) is 0 Å². The van der Waals surface area contributed by atoms with E-state index in [0.29, 0.717) is 23.5 Å². The molecule has 1 heterocycles. The molecule has 0 saturated heterocycles. The maximum atomic E-state index is 13.4. The number of ether oxygens (including phenoxy) is 2. The molecule has 0 amide bonds. The number of benzene rings is 2. The van der Waals surface area contributed by atoms with Crippen LogP contribution < -0.4 is 15.0 Å². The maximum absolute atomic E-state index is 13.4. The summed E-state index contributed by atoms with van der Waals surface area (Å²) in [7, 11) is 0. The van der Waals surface area contributed by atoms with E-state index in [2.05, 4.69) is 21.0 Å². The highest BCUT2D eigenvalue weighted by atomic mass is 79.9. The lowest BCUT2D eigenvalue weighted by Gasteiger charge is -2.22. The second-order valence-electron chi connectivity index (χ2n) is 8.60.